The Hall–Kier alpha value is -1.81. The van der Waals surface area contributed by atoms with Gasteiger partial charge in [0.1, 0.15) is 5.75 Å². The first-order valence-corrected chi connectivity index (χ1v) is 5.97. The van der Waals surface area contributed by atoms with Crippen molar-refractivity contribution < 1.29 is 4.74 Å². The fourth-order valence-electron chi connectivity index (χ4n) is 2.13. The molecular weight excluding hydrogens is 226 g/mol. The zero-order chi connectivity index (χ0) is 13.1. The third-order valence-electron chi connectivity index (χ3n) is 2.97. The van der Waals surface area contributed by atoms with E-state index in [4.69, 9.17) is 4.74 Å². The van der Waals surface area contributed by atoms with Gasteiger partial charge in [-0.2, -0.15) is 0 Å². The molecule has 0 fully saturated rings. The molecule has 0 saturated heterocycles. The van der Waals surface area contributed by atoms with Crippen LogP contribution in [0.15, 0.2) is 24.5 Å². The number of aryl methyl sites for hydroxylation is 2. The molecule has 2 rings (SSSR count). The number of aromatic nitrogens is 2. The molecule has 18 heavy (non-hydrogen) atoms. The van der Waals surface area contributed by atoms with Crippen LogP contribution >= 0.6 is 0 Å². The molecule has 0 aliphatic carbocycles. The zero-order valence-electron chi connectivity index (χ0n) is 11.3. The monoisotopic (exact) mass is 245 g/mol. The highest BCUT2D eigenvalue weighted by atomic mass is 16.5. The molecule has 4 nitrogen and oxygen atoms in total. The molecule has 0 unspecified atom stereocenters. The van der Waals surface area contributed by atoms with E-state index in [1.807, 2.05) is 31.1 Å². The van der Waals surface area contributed by atoms with Gasteiger partial charge < -0.3 is 14.6 Å². The molecule has 0 aliphatic rings. The molecule has 0 atom stereocenters. The fraction of sp³-hybridized carbons (Fsp3) is 0.357. The second-order valence-corrected chi connectivity index (χ2v) is 4.38. The van der Waals surface area contributed by atoms with E-state index in [0.29, 0.717) is 0 Å². The average molecular weight is 245 g/mol. The Morgan fingerprint density at radius 2 is 2.17 bits per heavy atom. The molecule has 1 heterocycles. The molecule has 0 amide bonds. The first-order valence-electron chi connectivity index (χ1n) is 5.97. The normalized spacial score (nSPS) is 10.7. The molecule has 1 aromatic carbocycles. The minimum absolute atomic E-state index is 0.743. The number of nitrogens with zero attached hydrogens (tertiary/aromatic N) is 2. The van der Waals surface area contributed by atoms with E-state index in [-0.39, 0.29) is 0 Å². The van der Waals surface area contributed by atoms with Crippen molar-refractivity contribution in [2.24, 2.45) is 7.05 Å². The van der Waals surface area contributed by atoms with Crippen LogP contribution in [0.5, 0.6) is 5.75 Å². The van der Waals surface area contributed by atoms with E-state index in [9.17, 15) is 0 Å². The van der Waals surface area contributed by atoms with Gasteiger partial charge in [-0.15, -0.1) is 0 Å². The lowest BCUT2D eigenvalue weighted by Gasteiger charge is -2.12. The number of rotatable bonds is 4. The predicted octanol–water partition coefficient (Wildman–Crippen LogP) is 2.12. The summed E-state index contributed by atoms with van der Waals surface area (Å²) >= 11 is 0. The van der Waals surface area contributed by atoms with Crippen molar-refractivity contribution >= 4 is 0 Å². The van der Waals surface area contributed by atoms with Crippen LogP contribution < -0.4 is 10.1 Å². The second-order valence-electron chi connectivity index (χ2n) is 4.38. The predicted molar refractivity (Wildman–Crippen MR) is 72.7 cm³/mol. The number of benzene rings is 1. The van der Waals surface area contributed by atoms with E-state index in [1.165, 1.54) is 5.56 Å². The van der Waals surface area contributed by atoms with E-state index in [0.717, 1.165) is 29.2 Å². The van der Waals surface area contributed by atoms with Crippen molar-refractivity contribution in [3.05, 3.63) is 35.8 Å². The number of methoxy groups -OCH3 is 1. The Morgan fingerprint density at radius 1 is 1.39 bits per heavy atom. The minimum atomic E-state index is 0.743. The molecule has 1 N–H and O–H groups in total. The molecule has 96 valence electrons. The summed E-state index contributed by atoms with van der Waals surface area (Å²) in [6.45, 7) is 2.82. The largest absolute Gasteiger partial charge is 0.496 e. The Balaban J connectivity index is 2.60. The van der Waals surface area contributed by atoms with Crippen molar-refractivity contribution in [2.75, 3.05) is 14.2 Å². The van der Waals surface area contributed by atoms with E-state index < -0.39 is 0 Å². The van der Waals surface area contributed by atoms with Crippen molar-refractivity contribution in [3.8, 4) is 17.0 Å². The second kappa shape index (κ2) is 5.23. The lowest BCUT2D eigenvalue weighted by molar-refractivity contribution is 0.416. The van der Waals surface area contributed by atoms with E-state index in [2.05, 4.69) is 29.4 Å². The van der Waals surface area contributed by atoms with Gasteiger partial charge in [0, 0.05) is 19.2 Å². The highest BCUT2D eigenvalue weighted by Gasteiger charge is 2.15. The standard InChI is InChI=1S/C14H19N3O/c1-10-5-6-13(18-4)11(7-10)14-12(8-15-2)16-9-17(14)3/h5-7,9,15H,8H2,1-4H3. The smallest absolute Gasteiger partial charge is 0.128 e. The minimum Gasteiger partial charge on any atom is -0.496 e. The van der Waals surface area contributed by atoms with Crippen LogP contribution in [-0.4, -0.2) is 23.7 Å². The van der Waals surface area contributed by atoms with Gasteiger partial charge in [0.05, 0.1) is 24.8 Å². The summed E-state index contributed by atoms with van der Waals surface area (Å²) in [4.78, 5) is 4.43. The van der Waals surface area contributed by atoms with Crippen LogP contribution in [0.4, 0.5) is 0 Å². The molecule has 1 aromatic heterocycles. The Labute approximate surface area is 108 Å². The van der Waals surface area contributed by atoms with Gasteiger partial charge >= 0.3 is 0 Å². The molecule has 0 spiro atoms. The summed E-state index contributed by atoms with van der Waals surface area (Å²) in [5, 5.41) is 3.14. The Kier molecular flexibility index (Phi) is 3.67. The number of ether oxygens (including phenoxy) is 1. The number of imidazole rings is 1. The molecule has 2 aromatic rings. The van der Waals surface area contributed by atoms with Crippen LogP contribution in [0.1, 0.15) is 11.3 Å². The average Bonchev–Trinajstić information content (AvgIpc) is 2.71. The summed E-state index contributed by atoms with van der Waals surface area (Å²) in [7, 11) is 5.62. The van der Waals surface area contributed by atoms with Crippen LogP contribution in [0.25, 0.3) is 11.3 Å². The summed E-state index contributed by atoms with van der Waals surface area (Å²) in [6, 6.07) is 6.19. The van der Waals surface area contributed by atoms with E-state index >= 15 is 0 Å². The van der Waals surface area contributed by atoms with Crippen LogP contribution in [0.3, 0.4) is 0 Å². The maximum Gasteiger partial charge on any atom is 0.128 e. The SMILES string of the molecule is CNCc1ncn(C)c1-c1cc(C)ccc1OC. The fourth-order valence-corrected chi connectivity index (χ4v) is 2.13. The summed E-state index contributed by atoms with van der Waals surface area (Å²) < 4.78 is 7.48. The number of hydrogen-bond acceptors (Lipinski definition) is 3. The molecule has 0 radical (unpaired) electrons. The van der Waals surface area contributed by atoms with Gasteiger partial charge in [0.15, 0.2) is 0 Å². The topological polar surface area (TPSA) is 39.1 Å². The van der Waals surface area contributed by atoms with Crippen LogP contribution in [-0.2, 0) is 13.6 Å². The Morgan fingerprint density at radius 3 is 2.83 bits per heavy atom. The molecule has 0 saturated carbocycles. The lowest BCUT2D eigenvalue weighted by Crippen LogP contribution is -2.07. The quantitative estimate of drug-likeness (QED) is 0.896. The maximum atomic E-state index is 5.45. The van der Waals surface area contributed by atoms with E-state index in [1.54, 1.807) is 7.11 Å². The van der Waals surface area contributed by atoms with Gasteiger partial charge in [0.2, 0.25) is 0 Å². The van der Waals surface area contributed by atoms with Crippen LogP contribution in [0, 0.1) is 6.92 Å². The molecular formula is C14H19N3O. The van der Waals surface area contributed by atoms with Crippen molar-refractivity contribution in [2.45, 2.75) is 13.5 Å². The van der Waals surface area contributed by atoms with Crippen LogP contribution in [0.2, 0.25) is 0 Å². The summed E-state index contributed by atoms with van der Waals surface area (Å²) in [5.74, 6) is 0.876. The molecule has 4 heteroatoms. The van der Waals surface area contributed by atoms with Gasteiger partial charge in [-0.05, 0) is 26.1 Å². The van der Waals surface area contributed by atoms with Gasteiger partial charge in [-0.25, -0.2) is 4.98 Å². The number of hydrogen-bond donors (Lipinski definition) is 1. The zero-order valence-corrected chi connectivity index (χ0v) is 11.3. The summed E-state index contributed by atoms with van der Waals surface area (Å²) in [6.07, 6.45) is 1.84. The molecule has 0 aliphatic heterocycles. The van der Waals surface area contributed by atoms with Gasteiger partial charge in [-0.3, -0.25) is 0 Å². The first-order chi connectivity index (χ1) is 8.67. The summed E-state index contributed by atoms with van der Waals surface area (Å²) in [5.41, 5.74) is 4.43. The highest BCUT2D eigenvalue weighted by Crippen LogP contribution is 2.32. The maximum absolute atomic E-state index is 5.45. The van der Waals surface area contributed by atoms with Crippen molar-refractivity contribution in [3.63, 3.8) is 0 Å². The van der Waals surface area contributed by atoms with Crippen molar-refractivity contribution in [1.82, 2.24) is 14.9 Å². The highest BCUT2D eigenvalue weighted by molar-refractivity contribution is 5.70. The Bertz CT molecular complexity index is 546. The van der Waals surface area contributed by atoms with Gasteiger partial charge in [0.25, 0.3) is 0 Å². The lowest BCUT2D eigenvalue weighted by atomic mass is 10.1. The number of nitrogens with one attached hydrogen (secondary N) is 1. The third kappa shape index (κ3) is 2.24. The van der Waals surface area contributed by atoms with Crippen molar-refractivity contribution in [1.29, 1.82) is 0 Å². The third-order valence-corrected chi connectivity index (χ3v) is 2.97. The first kappa shape index (κ1) is 12.6. The molecule has 0 bridgehead atoms. The van der Waals surface area contributed by atoms with Gasteiger partial charge in [-0.1, -0.05) is 11.6 Å².